The SMILES string of the molecule is COC1=CC(=N/N(O)c2ccc(N/N=C3/C(=O)c4c(O)cc(S(=O)(=O)[O-])cc4C=C3S(=O)(=O)O)c(OC)c2)/C=CC/1=N\N=C1/C(=O)c2c(O)cc(S(=O)(=O)O)cc2C=C1S(=O)(=O)O.[Li+]. The van der Waals surface area contributed by atoms with Gasteiger partial charge in [-0.2, -0.15) is 30.4 Å². The van der Waals surface area contributed by atoms with Crippen molar-refractivity contribution in [2.75, 3.05) is 24.8 Å². The van der Waals surface area contributed by atoms with E-state index in [1.54, 1.807) is 0 Å². The maximum Gasteiger partial charge on any atom is 1.00 e. The van der Waals surface area contributed by atoms with E-state index in [0.717, 1.165) is 0 Å². The monoisotopic (exact) mass is 956 g/mol. The average Bonchev–Trinajstić information content (AvgIpc) is 3.18. The number of anilines is 2. The van der Waals surface area contributed by atoms with Crippen LogP contribution in [-0.2, 0) is 45.2 Å². The van der Waals surface area contributed by atoms with Gasteiger partial charge in [-0.25, -0.2) is 8.42 Å². The van der Waals surface area contributed by atoms with Crippen LogP contribution in [0.25, 0.3) is 12.2 Å². The molecule has 3 aromatic rings. The van der Waals surface area contributed by atoms with Gasteiger partial charge in [0.2, 0.25) is 11.6 Å². The number of hydrazone groups is 2. The number of carbonyl (C=O) groups is 2. The second-order valence-electron chi connectivity index (χ2n) is 12.6. The molecule has 0 fully saturated rings. The Morgan fingerprint density at radius 1 is 0.688 bits per heavy atom. The van der Waals surface area contributed by atoms with E-state index in [4.69, 9.17) is 9.47 Å². The predicted molar refractivity (Wildman–Crippen MR) is 217 cm³/mol. The molecule has 3 aliphatic rings. The molecule has 0 bridgehead atoms. The van der Waals surface area contributed by atoms with Gasteiger partial charge in [-0.1, -0.05) is 0 Å². The Morgan fingerprint density at radius 3 is 1.77 bits per heavy atom. The van der Waals surface area contributed by atoms with Crippen LogP contribution in [0.1, 0.15) is 31.8 Å². The quantitative estimate of drug-likeness (QED) is 0.0510. The van der Waals surface area contributed by atoms with Crippen LogP contribution in [0.4, 0.5) is 11.4 Å². The van der Waals surface area contributed by atoms with Crippen molar-refractivity contribution in [3.8, 4) is 17.2 Å². The third-order valence-corrected chi connectivity index (χ3v) is 12.0. The molecule has 30 heteroatoms. The van der Waals surface area contributed by atoms with Gasteiger partial charge in [0, 0.05) is 18.2 Å². The van der Waals surface area contributed by atoms with E-state index in [9.17, 15) is 76.9 Å². The van der Waals surface area contributed by atoms with E-state index in [1.807, 2.05) is 0 Å². The zero-order valence-corrected chi connectivity index (χ0v) is 35.6. The summed E-state index contributed by atoms with van der Waals surface area (Å²) in [5.74, 6) is -4.83. The Kier molecular flexibility index (Phi) is 13.4. The molecule has 0 heterocycles. The van der Waals surface area contributed by atoms with Gasteiger partial charge in [-0.3, -0.25) is 33.9 Å². The molecule has 6 rings (SSSR count). The molecule has 0 amide bonds. The van der Waals surface area contributed by atoms with Crippen molar-refractivity contribution >= 4 is 98.4 Å². The molecule has 7 N–H and O–H groups in total. The Balaban J connectivity index is 0.00000771. The number of nitrogens with one attached hydrogen (secondary N) is 1. The molecule has 64 heavy (non-hydrogen) atoms. The molecule has 3 aromatic carbocycles. The van der Waals surface area contributed by atoms with Crippen molar-refractivity contribution in [2.24, 2.45) is 20.4 Å². The molecule has 0 radical (unpaired) electrons. The number of fused-ring (bicyclic) bond motifs is 2. The fraction of sp³-hybridized carbons (Fsp3) is 0.0588. The van der Waals surface area contributed by atoms with Gasteiger partial charge in [-0.05, 0) is 65.8 Å². The molecular weight excluding hydrogens is 932 g/mol. The third kappa shape index (κ3) is 9.88. The van der Waals surface area contributed by atoms with Crippen molar-refractivity contribution < 1.29 is 105 Å². The van der Waals surface area contributed by atoms with E-state index in [0.29, 0.717) is 41.6 Å². The summed E-state index contributed by atoms with van der Waals surface area (Å²) >= 11 is 0. The number of aromatic hydroxyl groups is 2. The Labute approximate surface area is 372 Å². The van der Waals surface area contributed by atoms with Crippen molar-refractivity contribution in [1.82, 2.24) is 0 Å². The van der Waals surface area contributed by atoms with Crippen LogP contribution >= 0.6 is 0 Å². The van der Waals surface area contributed by atoms with Crippen LogP contribution in [0, 0.1) is 0 Å². The largest absolute Gasteiger partial charge is 1.00 e. The van der Waals surface area contributed by atoms with E-state index >= 15 is 0 Å². The minimum Gasteiger partial charge on any atom is -0.744 e. The number of ether oxygens (including phenoxy) is 2. The molecule has 330 valence electrons. The van der Waals surface area contributed by atoms with E-state index < -0.39 is 117 Å². The molecule has 25 nitrogen and oxygen atoms in total. The minimum absolute atomic E-state index is 0. The number of allylic oxidation sites excluding steroid dienone is 5. The Bertz CT molecular complexity index is 3300. The average molecular weight is 957 g/mol. The van der Waals surface area contributed by atoms with Gasteiger partial charge in [0.1, 0.15) is 48.6 Å². The van der Waals surface area contributed by atoms with Gasteiger partial charge >= 0.3 is 18.9 Å². The number of Topliss-reactive ketones (excluding diaryl/α,β-unsaturated/α-hetero) is 2. The first-order valence-corrected chi connectivity index (χ1v) is 22.3. The Hall–Kier alpha value is -6.36. The minimum atomic E-state index is -5.24. The van der Waals surface area contributed by atoms with Crippen LogP contribution < -0.4 is 34.2 Å². The summed E-state index contributed by atoms with van der Waals surface area (Å²) in [5, 5.41) is 47.2. The fourth-order valence-electron chi connectivity index (χ4n) is 5.83. The van der Waals surface area contributed by atoms with E-state index in [-0.39, 0.29) is 53.2 Å². The summed E-state index contributed by atoms with van der Waals surface area (Å²) < 4.78 is 146. The molecule has 0 atom stereocenters. The number of hydrogen-bond donors (Lipinski definition) is 7. The summed E-state index contributed by atoms with van der Waals surface area (Å²) in [5.41, 5.74) is -2.26. The third-order valence-electron chi connectivity index (χ3n) is 8.65. The van der Waals surface area contributed by atoms with Crippen LogP contribution in [0.5, 0.6) is 17.2 Å². The van der Waals surface area contributed by atoms with Crippen molar-refractivity contribution in [2.45, 2.75) is 9.79 Å². The van der Waals surface area contributed by atoms with E-state index in [2.05, 4.69) is 25.8 Å². The molecule has 0 saturated carbocycles. The number of nitrogens with zero attached hydrogens (tertiary/aromatic N) is 5. The molecule has 0 saturated heterocycles. The second-order valence-corrected chi connectivity index (χ2v) is 18.2. The van der Waals surface area contributed by atoms with Crippen molar-refractivity contribution in [1.29, 1.82) is 0 Å². The second kappa shape index (κ2) is 17.7. The summed E-state index contributed by atoms with van der Waals surface area (Å²) in [6, 6.07) is 5.93. The molecule has 0 unspecified atom stereocenters. The topological polar surface area (TPSA) is 398 Å². The van der Waals surface area contributed by atoms with Crippen molar-refractivity contribution in [3.05, 3.63) is 98.5 Å². The first-order chi connectivity index (χ1) is 29.2. The summed E-state index contributed by atoms with van der Waals surface area (Å²) in [6.07, 6.45) is 4.88. The number of methoxy groups -OCH3 is 2. The first kappa shape index (κ1) is 48.7. The molecular formula is C34H25LiN6O19S4. The molecule has 3 aliphatic carbocycles. The van der Waals surface area contributed by atoms with Gasteiger partial charge in [0.05, 0.1) is 52.2 Å². The number of phenols is 2. The normalized spacial score (nSPS) is 17.9. The van der Waals surface area contributed by atoms with Gasteiger partial charge in [-0.15, -0.1) is 20.5 Å². The zero-order chi connectivity index (χ0) is 46.6. The molecule has 0 aliphatic heterocycles. The van der Waals surface area contributed by atoms with Gasteiger partial charge in [0.25, 0.3) is 30.4 Å². The smallest absolute Gasteiger partial charge is 0.744 e. The number of benzene rings is 3. The number of phenolic OH excluding ortho intramolecular Hbond substituents is 2. The maximum atomic E-state index is 13.3. The molecule has 0 aromatic heterocycles. The maximum absolute atomic E-state index is 13.3. The fourth-order valence-corrected chi connectivity index (χ4v) is 8.20. The van der Waals surface area contributed by atoms with Gasteiger partial charge in [0.15, 0.2) is 11.4 Å². The number of rotatable bonds is 11. The molecule has 0 spiro atoms. The standard InChI is InChI=1S/C34H26N6O19S4.Li/c1-58-25-11-17(3-5-21(25)35-37-31-27(62(52,53)54)9-15-7-19(60(46,47)48)13-23(41)29(15)33(31)43)39-40(45)18-4-6-22(26(12-18)59-2)36-38-32-28(63(55,56)57)10-16-8-20(61(49,50)51)14-24(42)30(16)34(32)44;/h3-14,36,41-42,45H,1-2H3,(H,46,47,48)(H,49,50,51)(H,52,53,54)(H,55,56,57);/q;+1/p-1/b35-21+,37-31-,38-32+,39-17+;. The van der Waals surface area contributed by atoms with E-state index in [1.165, 1.54) is 50.6 Å². The summed E-state index contributed by atoms with van der Waals surface area (Å²) in [7, 11) is -18.2. The van der Waals surface area contributed by atoms with Crippen LogP contribution in [-0.4, -0.2) is 116 Å². The van der Waals surface area contributed by atoms with Crippen LogP contribution in [0.2, 0.25) is 0 Å². The number of hydrogen-bond acceptors (Lipinski definition) is 22. The van der Waals surface area contributed by atoms with Crippen molar-refractivity contribution in [3.63, 3.8) is 0 Å². The zero-order valence-electron chi connectivity index (χ0n) is 32.3. The van der Waals surface area contributed by atoms with Crippen LogP contribution in [0.15, 0.2) is 106 Å². The summed E-state index contributed by atoms with van der Waals surface area (Å²) in [4.78, 5) is 22.5. The number of ketones is 2. The van der Waals surface area contributed by atoms with Gasteiger partial charge < -0.3 is 24.2 Å². The Morgan fingerprint density at radius 2 is 1.23 bits per heavy atom. The first-order valence-electron chi connectivity index (χ1n) is 16.6. The summed E-state index contributed by atoms with van der Waals surface area (Å²) in [6.45, 7) is 0. The predicted octanol–water partition coefficient (Wildman–Crippen LogP) is -1.27. The number of carbonyl (C=O) groups excluding carboxylic acids is 2. The van der Waals surface area contributed by atoms with Crippen LogP contribution in [0.3, 0.4) is 0 Å².